The van der Waals surface area contributed by atoms with Gasteiger partial charge in [0.1, 0.15) is 23.0 Å². The fourth-order valence-corrected chi connectivity index (χ4v) is 20.3. The minimum atomic E-state index is 0.112. The Balaban J connectivity index is 0.000000106. The molecule has 4 aliphatic heterocycles. The van der Waals surface area contributed by atoms with Gasteiger partial charge in [-0.2, -0.15) is 0 Å². The largest absolute Gasteiger partial charge is 0.454 e. The van der Waals surface area contributed by atoms with Crippen LogP contribution in [0.15, 0.2) is 169 Å². The molecule has 5 saturated carbocycles. The zero-order valence-corrected chi connectivity index (χ0v) is 57.0. The average molecular weight is 1210 g/mol. The minimum Gasteiger partial charge on any atom is -0.454 e. The third-order valence-electron chi connectivity index (χ3n) is 24.8. The van der Waals surface area contributed by atoms with Crippen molar-refractivity contribution in [2.24, 2.45) is 29.1 Å². The Labute approximate surface area is 543 Å². The molecule has 18 rings (SSSR count). The number of rotatable bonds is 4. The highest BCUT2D eigenvalue weighted by Gasteiger charge is 2.65. The molecule has 2 spiro atoms. The van der Waals surface area contributed by atoms with E-state index in [-0.39, 0.29) is 16.4 Å². The Morgan fingerprint density at radius 2 is 0.901 bits per heavy atom. The third-order valence-corrected chi connectivity index (χ3v) is 24.8. The first-order chi connectivity index (χ1) is 43.7. The lowest BCUT2D eigenvalue weighted by atomic mass is 9.43. The van der Waals surface area contributed by atoms with Gasteiger partial charge in [-0.05, 0) is 214 Å². The maximum absolute atomic E-state index is 6.34. The zero-order valence-electron chi connectivity index (χ0n) is 57.0. The maximum Gasteiger partial charge on any atom is 0.158 e. The lowest BCUT2D eigenvalue weighted by Gasteiger charge is -2.62. The molecule has 0 unspecified atom stereocenters. The predicted octanol–water partition coefficient (Wildman–Crippen LogP) is 21.3. The molecule has 8 heterocycles. The molecule has 1 saturated heterocycles. The number of hydrogen-bond donors (Lipinski definition) is 0. The number of fused-ring (bicyclic) bond motifs is 7. The first-order valence-corrected chi connectivity index (χ1v) is 34.8. The summed E-state index contributed by atoms with van der Waals surface area (Å²) in [5, 5.41) is 2.43. The number of furan rings is 1. The molecular weight excluding hydrogens is 1110 g/mol. The molecule has 472 valence electrons. The van der Waals surface area contributed by atoms with Crippen molar-refractivity contribution in [1.82, 2.24) is 15.0 Å². The number of pyridine rings is 3. The van der Waals surface area contributed by atoms with E-state index in [2.05, 4.69) is 255 Å². The third kappa shape index (κ3) is 9.74. The zero-order chi connectivity index (χ0) is 63.5. The molecule has 0 amide bonds. The van der Waals surface area contributed by atoms with Gasteiger partial charge >= 0.3 is 0 Å². The van der Waals surface area contributed by atoms with Gasteiger partial charge in [-0.1, -0.05) is 150 Å². The fraction of sp³-hybridized carbons (Fsp3) is 0.458. The fourth-order valence-electron chi connectivity index (χ4n) is 20.3. The van der Waals surface area contributed by atoms with Crippen molar-refractivity contribution in [3.8, 4) is 0 Å². The monoisotopic (exact) mass is 1210 g/mol. The van der Waals surface area contributed by atoms with Crippen molar-refractivity contribution < 1.29 is 4.42 Å². The summed E-state index contributed by atoms with van der Waals surface area (Å²) in [5.74, 6) is 7.24. The van der Waals surface area contributed by atoms with Gasteiger partial charge in [0.15, 0.2) is 5.58 Å². The van der Waals surface area contributed by atoms with E-state index in [1.807, 2.05) is 30.7 Å². The number of hydrogen-bond acceptors (Lipinski definition) is 8. The highest BCUT2D eigenvalue weighted by atomic mass is 16.3. The van der Waals surface area contributed by atoms with Gasteiger partial charge in [0.05, 0.1) is 5.69 Å². The molecule has 5 aliphatic carbocycles. The van der Waals surface area contributed by atoms with Gasteiger partial charge in [-0.25, -0.2) is 15.0 Å². The van der Waals surface area contributed by atoms with Crippen LogP contribution in [0.1, 0.15) is 179 Å². The summed E-state index contributed by atoms with van der Waals surface area (Å²) in [6, 6.07) is 54.0. The Kier molecular flexibility index (Phi) is 15.4. The molecule has 9 aromatic rings. The highest BCUT2D eigenvalue weighted by Crippen LogP contribution is 2.69. The van der Waals surface area contributed by atoms with Crippen LogP contribution in [0.5, 0.6) is 0 Å². The van der Waals surface area contributed by atoms with Crippen LogP contribution in [-0.4, -0.2) is 44.7 Å². The molecule has 91 heavy (non-hydrogen) atoms. The van der Waals surface area contributed by atoms with Crippen LogP contribution in [0.3, 0.4) is 0 Å². The van der Waals surface area contributed by atoms with Gasteiger partial charge in [0.2, 0.25) is 0 Å². The number of benzene rings is 5. The van der Waals surface area contributed by atoms with Crippen molar-refractivity contribution in [3.05, 3.63) is 203 Å². The lowest BCUT2D eigenvalue weighted by molar-refractivity contribution is -0.0654. The lowest BCUT2D eigenvalue weighted by Crippen LogP contribution is -2.60. The van der Waals surface area contributed by atoms with Crippen LogP contribution in [0.4, 0.5) is 40.2 Å². The molecule has 4 bridgehead atoms. The Morgan fingerprint density at radius 1 is 0.429 bits per heavy atom. The number of anilines is 7. The van der Waals surface area contributed by atoms with Crippen LogP contribution in [0.2, 0.25) is 0 Å². The first-order valence-electron chi connectivity index (χ1n) is 34.8. The van der Waals surface area contributed by atoms with Crippen molar-refractivity contribution in [1.29, 1.82) is 0 Å². The van der Waals surface area contributed by atoms with Gasteiger partial charge in [-0.15, -0.1) is 0 Å². The average Bonchev–Trinajstić information content (AvgIpc) is 1.58. The summed E-state index contributed by atoms with van der Waals surface area (Å²) < 4.78 is 6.34. The van der Waals surface area contributed by atoms with Gasteiger partial charge in [0.25, 0.3) is 0 Å². The summed E-state index contributed by atoms with van der Waals surface area (Å²) in [6.45, 7) is 32.4. The maximum atomic E-state index is 6.34. The SMILES string of the molecule is Cc1ccc2c(oc3ccccc32)c1N1[C@@H](C)C(C)(C)CC1(C)C.Cc1ccccc1N1c2ncccc2C(C)(C)[C@@H]1C.Cc1ccccc1N1c2ncccc2C2(C3CC4CC(C3)CC2C4)[C@@H]1C.Cc1ccccc1N1c2ncccc2C2(CCCCC2)[C@@H]1C. The molecule has 5 aromatic carbocycles. The van der Waals surface area contributed by atoms with E-state index in [9.17, 15) is 0 Å². The molecule has 4 aromatic heterocycles. The summed E-state index contributed by atoms with van der Waals surface area (Å²) in [6.07, 6.45) is 21.0. The van der Waals surface area contributed by atoms with E-state index in [0.29, 0.717) is 35.0 Å². The predicted molar refractivity (Wildman–Crippen MR) is 380 cm³/mol. The molecule has 9 aliphatic rings. The number of para-hydroxylation sites is 4. The van der Waals surface area contributed by atoms with E-state index >= 15 is 0 Å². The van der Waals surface area contributed by atoms with E-state index < -0.39 is 0 Å². The van der Waals surface area contributed by atoms with Crippen LogP contribution >= 0.6 is 0 Å². The molecule has 4 atom stereocenters. The van der Waals surface area contributed by atoms with Crippen molar-refractivity contribution in [3.63, 3.8) is 0 Å². The van der Waals surface area contributed by atoms with E-state index in [4.69, 9.17) is 14.4 Å². The highest BCUT2D eigenvalue weighted by molar-refractivity contribution is 6.09. The van der Waals surface area contributed by atoms with Gasteiger partial charge in [0, 0.05) is 109 Å². The number of aromatic nitrogens is 3. The van der Waals surface area contributed by atoms with Gasteiger partial charge < -0.3 is 24.0 Å². The summed E-state index contributed by atoms with van der Waals surface area (Å²) >= 11 is 0. The molecule has 8 heteroatoms. The van der Waals surface area contributed by atoms with Crippen molar-refractivity contribution >= 4 is 62.1 Å². The second kappa shape index (κ2) is 23.0. The Morgan fingerprint density at radius 3 is 1.44 bits per heavy atom. The van der Waals surface area contributed by atoms with Gasteiger partial charge in [-0.3, -0.25) is 0 Å². The van der Waals surface area contributed by atoms with E-state index in [0.717, 1.165) is 40.7 Å². The summed E-state index contributed by atoms with van der Waals surface area (Å²) in [4.78, 5) is 24.4. The normalized spacial score (nSPS) is 27.1. The van der Waals surface area contributed by atoms with Crippen LogP contribution < -0.4 is 19.6 Å². The smallest absolute Gasteiger partial charge is 0.158 e. The minimum absolute atomic E-state index is 0.112. The van der Waals surface area contributed by atoms with Crippen LogP contribution in [-0.2, 0) is 16.2 Å². The summed E-state index contributed by atoms with van der Waals surface area (Å²) in [7, 11) is 0. The topological polar surface area (TPSA) is 64.8 Å². The second-order valence-electron chi connectivity index (χ2n) is 31.0. The first kappa shape index (κ1) is 61.1. The number of aryl methyl sites for hydroxylation is 4. The summed E-state index contributed by atoms with van der Waals surface area (Å²) in [5.41, 5.74) is 18.0. The molecule has 6 fully saturated rings. The Bertz CT molecular complexity index is 4140. The van der Waals surface area contributed by atoms with Crippen molar-refractivity contribution in [2.45, 2.75) is 214 Å². The molecule has 0 N–H and O–H groups in total. The quantitative estimate of drug-likeness (QED) is 0.173. The van der Waals surface area contributed by atoms with Crippen LogP contribution in [0.25, 0.3) is 21.9 Å². The standard InChI is InChI=1S/C24H28N2.C22H27NO.C20H24N2.C17H20N2/c1-15-6-3-4-8-22(15)26-16(2)24(21-7-5-9-25-23(21)26)19-11-17-10-18(13-19)14-20(24)12-17;1-14-11-12-17-16-9-7-8-10-18(16)24-20(17)19(14)23-15(2)21(3,4)13-22(23,5)6;1-15-9-4-5-11-18(15)22-16(2)20(12-6-3-7-13-20)17-10-8-14-21-19(17)22;1-12-8-5-6-10-15(12)19-13(2)17(3,4)14-9-7-11-18-16(14)19/h3-9,16-20H,10-14H2,1-2H3;7-12,15H,13H2,1-6H3;4-5,8-11,14,16H,3,6-7,12-13H2,1-2H3;5-11,13H,1-4H3/t16-,17?,18?,19?,20?,24?;15-;16-;13-/m0000/s1. The van der Waals surface area contributed by atoms with E-state index in [1.165, 1.54) is 149 Å². The molecule has 8 nitrogen and oxygen atoms in total. The molecular formula is C83H99N7O. The molecule has 0 radical (unpaired) electrons. The van der Waals surface area contributed by atoms with E-state index in [1.54, 1.807) is 5.56 Å². The van der Waals surface area contributed by atoms with Crippen LogP contribution in [0, 0.1) is 56.8 Å². The second-order valence-corrected chi connectivity index (χ2v) is 31.0. The Hall–Kier alpha value is -7.45. The van der Waals surface area contributed by atoms with Crippen molar-refractivity contribution in [2.75, 3.05) is 19.6 Å². The number of nitrogens with zero attached hydrogens (tertiary/aromatic N) is 7.